The van der Waals surface area contributed by atoms with E-state index in [9.17, 15) is 16.8 Å². The largest absolute Gasteiger partial charge is 0.398 e. The second-order valence-electron chi connectivity index (χ2n) is 5.19. The van der Waals surface area contributed by atoms with Gasteiger partial charge >= 0.3 is 0 Å². The van der Waals surface area contributed by atoms with Gasteiger partial charge in [0.15, 0.2) is 9.84 Å². The van der Waals surface area contributed by atoms with Crippen LogP contribution in [0.3, 0.4) is 0 Å². The summed E-state index contributed by atoms with van der Waals surface area (Å²) in [4.78, 5) is -0.0498. The molecule has 0 aliphatic carbocycles. The van der Waals surface area contributed by atoms with Gasteiger partial charge < -0.3 is 5.73 Å². The topological polar surface area (TPSA) is 106 Å². The highest BCUT2D eigenvalue weighted by molar-refractivity contribution is 9.10. The molecule has 1 unspecified atom stereocenters. The number of hydrogen-bond donors (Lipinski definition) is 2. The number of nitrogen functional groups attached to an aromatic ring is 1. The lowest BCUT2D eigenvalue weighted by atomic mass is 10.0. The highest BCUT2D eigenvalue weighted by Crippen LogP contribution is 2.28. The predicted molar refractivity (Wildman–Crippen MR) is 80.6 cm³/mol. The minimum atomic E-state index is -3.86. The molecule has 9 heteroatoms. The smallest absolute Gasteiger partial charge is 0.243 e. The van der Waals surface area contributed by atoms with E-state index in [0.29, 0.717) is 4.47 Å². The van der Waals surface area contributed by atoms with E-state index in [4.69, 9.17) is 5.73 Å². The Kier molecular flexibility index (Phi) is 3.91. The van der Waals surface area contributed by atoms with Crippen molar-refractivity contribution in [2.24, 2.45) is 0 Å². The monoisotopic (exact) mass is 382 g/mol. The third-order valence-corrected chi connectivity index (χ3v) is 7.25. The van der Waals surface area contributed by atoms with E-state index in [1.807, 2.05) is 0 Å². The molecular formula is C11H15BrN2O4S2. The van der Waals surface area contributed by atoms with Crippen LogP contribution < -0.4 is 10.5 Å². The average Bonchev–Trinajstić information content (AvgIpc) is 2.50. The number of rotatable bonds is 3. The summed E-state index contributed by atoms with van der Waals surface area (Å²) in [5.74, 6) is -0.211. The van der Waals surface area contributed by atoms with Crippen molar-refractivity contribution in [3.05, 3.63) is 22.7 Å². The molecule has 6 nitrogen and oxygen atoms in total. The first kappa shape index (κ1) is 15.7. The summed E-state index contributed by atoms with van der Waals surface area (Å²) in [6.07, 6.45) is 0.255. The van der Waals surface area contributed by atoms with Gasteiger partial charge in [0, 0.05) is 10.0 Å². The summed E-state index contributed by atoms with van der Waals surface area (Å²) in [5.41, 5.74) is 4.83. The van der Waals surface area contributed by atoms with Crippen LogP contribution in [0.1, 0.15) is 13.3 Å². The second-order valence-corrected chi connectivity index (χ2v) is 9.94. The van der Waals surface area contributed by atoms with Crippen molar-refractivity contribution in [2.75, 3.05) is 17.2 Å². The van der Waals surface area contributed by atoms with E-state index in [2.05, 4.69) is 20.7 Å². The Morgan fingerprint density at radius 2 is 2.05 bits per heavy atom. The maximum Gasteiger partial charge on any atom is 0.243 e. The van der Waals surface area contributed by atoms with Gasteiger partial charge in [-0.1, -0.05) is 15.9 Å². The van der Waals surface area contributed by atoms with Gasteiger partial charge in [-0.05, 0) is 31.5 Å². The van der Waals surface area contributed by atoms with Gasteiger partial charge in [-0.3, -0.25) is 0 Å². The molecule has 112 valence electrons. The van der Waals surface area contributed by atoms with Crippen molar-refractivity contribution >= 4 is 41.5 Å². The third kappa shape index (κ3) is 3.33. The quantitative estimate of drug-likeness (QED) is 0.754. The summed E-state index contributed by atoms with van der Waals surface area (Å²) in [5, 5.41) is 0. The van der Waals surface area contributed by atoms with E-state index in [1.165, 1.54) is 12.1 Å². The maximum atomic E-state index is 12.3. The van der Waals surface area contributed by atoms with Crippen LogP contribution in [0.15, 0.2) is 27.6 Å². The Hall–Kier alpha value is -0.640. The zero-order valence-electron chi connectivity index (χ0n) is 10.8. The number of benzene rings is 1. The number of sulfonamides is 1. The standard InChI is InChI=1S/C11H15BrN2O4S2/c1-11(4-5-19(15,16)7-11)14-20(17,18)10-3-2-8(12)6-9(10)13/h2-3,6,14H,4-5,7,13H2,1H3. The molecule has 0 saturated carbocycles. The fourth-order valence-corrected chi connectivity index (χ4v) is 6.35. The fourth-order valence-electron chi connectivity index (χ4n) is 2.23. The Labute approximate surface area is 126 Å². The molecule has 0 bridgehead atoms. The van der Waals surface area contributed by atoms with Gasteiger partial charge in [-0.2, -0.15) is 0 Å². The fraction of sp³-hybridized carbons (Fsp3) is 0.455. The first-order valence-corrected chi connectivity index (χ1v) is 9.92. The van der Waals surface area contributed by atoms with Crippen molar-refractivity contribution < 1.29 is 16.8 Å². The van der Waals surface area contributed by atoms with Crippen LogP contribution in [0.25, 0.3) is 0 Å². The van der Waals surface area contributed by atoms with E-state index in [1.54, 1.807) is 13.0 Å². The number of nitrogens with one attached hydrogen (secondary N) is 1. The zero-order valence-corrected chi connectivity index (χ0v) is 14.0. The lowest BCUT2D eigenvalue weighted by Crippen LogP contribution is -2.46. The van der Waals surface area contributed by atoms with Crippen LogP contribution >= 0.6 is 15.9 Å². The predicted octanol–water partition coefficient (Wildman–Crippen LogP) is 0.887. The Bertz CT molecular complexity index is 746. The van der Waals surface area contributed by atoms with E-state index >= 15 is 0 Å². The third-order valence-electron chi connectivity index (χ3n) is 3.15. The molecule has 1 fully saturated rings. The minimum absolute atomic E-state index is 0.0121. The molecule has 1 heterocycles. The molecular weight excluding hydrogens is 368 g/mol. The van der Waals surface area contributed by atoms with Gasteiger partial charge in [0.05, 0.1) is 17.2 Å². The van der Waals surface area contributed by atoms with Crippen LogP contribution in [0.5, 0.6) is 0 Å². The molecule has 1 aromatic carbocycles. The number of nitrogens with two attached hydrogens (primary N) is 1. The lowest BCUT2D eigenvalue weighted by Gasteiger charge is -2.24. The summed E-state index contributed by atoms with van der Waals surface area (Å²) >= 11 is 3.20. The first-order valence-electron chi connectivity index (χ1n) is 5.83. The van der Waals surface area contributed by atoms with Crippen LogP contribution in [-0.4, -0.2) is 33.9 Å². The Morgan fingerprint density at radius 1 is 1.40 bits per heavy atom. The molecule has 0 spiro atoms. The average molecular weight is 383 g/mol. The normalized spacial score (nSPS) is 25.7. The Morgan fingerprint density at radius 3 is 2.55 bits per heavy atom. The first-order chi connectivity index (χ1) is 9.03. The van der Waals surface area contributed by atoms with Crippen molar-refractivity contribution in [2.45, 2.75) is 23.8 Å². The van der Waals surface area contributed by atoms with Crippen molar-refractivity contribution in [1.29, 1.82) is 0 Å². The summed E-state index contributed by atoms with van der Waals surface area (Å²) in [7, 11) is -7.05. The van der Waals surface area contributed by atoms with Crippen molar-refractivity contribution in [3.63, 3.8) is 0 Å². The molecule has 0 aromatic heterocycles. The molecule has 1 aliphatic rings. The van der Waals surface area contributed by atoms with E-state index in [-0.39, 0.29) is 28.5 Å². The van der Waals surface area contributed by atoms with Gasteiger partial charge in [0.1, 0.15) is 4.90 Å². The molecule has 0 radical (unpaired) electrons. The molecule has 20 heavy (non-hydrogen) atoms. The van der Waals surface area contributed by atoms with Gasteiger partial charge in [0.25, 0.3) is 0 Å². The van der Waals surface area contributed by atoms with Crippen LogP contribution in [-0.2, 0) is 19.9 Å². The molecule has 1 aromatic rings. The molecule has 1 saturated heterocycles. The van der Waals surface area contributed by atoms with Crippen molar-refractivity contribution in [3.8, 4) is 0 Å². The zero-order chi connectivity index (χ0) is 15.2. The molecule has 1 aliphatic heterocycles. The highest BCUT2D eigenvalue weighted by atomic mass is 79.9. The second kappa shape index (κ2) is 4.97. The van der Waals surface area contributed by atoms with E-state index in [0.717, 1.165) is 0 Å². The van der Waals surface area contributed by atoms with Gasteiger partial charge in [-0.15, -0.1) is 0 Å². The molecule has 3 N–H and O–H groups in total. The SMILES string of the molecule is CC1(NS(=O)(=O)c2ccc(Br)cc2N)CCS(=O)(=O)C1. The Balaban J connectivity index is 2.33. The molecule has 0 amide bonds. The number of halogens is 1. The van der Waals surface area contributed by atoms with Crippen LogP contribution in [0.2, 0.25) is 0 Å². The summed E-state index contributed by atoms with van der Waals surface area (Å²) in [6, 6.07) is 4.44. The number of anilines is 1. The minimum Gasteiger partial charge on any atom is -0.398 e. The maximum absolute atomic E-state index is 12.3. The number of sulfone groups is 1. The highest BCUT2D eigenvalue weighted by Gasteiger charge is 2.41. The van der Waals surface area contributed by atoms with Crippen molar-refractivity contribution in [1.82, 2.24) is 4.72 Å². The molecule has 1 atom stereocenters. The summed E-state index contributed by atoms with van der Waals surface area (Å²) in [6.45, 7) is 1.59. The van der Waals surface area contributed by atoms with Crippen LogP contribution in [0.4, 0.5) is 5.69 Å². The lowest BCUT2D eigenvalue weighted by molar-refractivity contribution is 0.462. The van der Waals surface area contributed by atoms with E-state index < -0.39 is 25.4 Å². The van der Waals surface area contributed by atoms with Gasteiger partial charge in [-0.25, -0.2) is 21.6 Å². The summed E-state index contributed by atoms with van der Waals surface area (Å²) < 4.78 is 50.8. The number of hydrogen-bond acceptors (Lipinski definition) is 5. The van der Waals surface area contributed by atoms with Gasteiger partial charge in [0.2, 0.25) is 10.0 Å². The molecule has 2 rings (SSSR count). The van der Waals surface area contributed by atoms with Crippen LogP contribution in [0, 0.1) is 0 Å².